The SMILES string of the molecule is CCc1ccc(-c2ccc(-c3ccc(CC)cc3)cc2)cc1. The van der Waals surface area contributed by atoms with Gasteiger partial charge in [-0.2, -0.15) is 0 Å². The third kappa shape index (κ3) is 3.12. The van der Waals surface area contributed by atoms with Gasteiger partial charge in [0, 0.05) is 0 Å². The van der Waals surface area contributed by atoms with Gasteiger partial charge in [0.2, 0.25) is 0 Å². The number of hydrogen-bond acceptors (Lipinski definition) is 0. The molecule has 22 heavy (non-hydrogen) atoms. The van der Waals surface area contributed by atoms with E-state index < -0.39 is 0 Å². The first-order valence-corrected chi connectivity index (χ1v) is 8.09. The van der Waals surface area contributed by atoms with E-state index in [-0.39, 0.29) is 0 Å². The summed E-state index contributed by atoms with van der Waals surface area (Å²) >= 11 is 0. The quantitative estimate of drug-likeness (QED) is 0.540. The number of aryl methyl sites for hydroxylation is 2. The summed E-state index contributed by atoms with van der Waals surface area (Å²) in [7, 11) is 0. The highest BCUT2D eigenvalue weighted by Gasteiger charge is 2.01. The summed E-state index contributed by atoms with van der Waals surface area (Å²) < 4.78 is 0. The van der Waals surface area contributed by atoms with Crippen LogP contribution in [0.15, 0.2) is 72.8 Å². The van der Waals surface area contributed by atoms with E-state index in [1.165, 1.54) is 33.4 Å². The summed E-state index contributed by atoms with van der Waals surface area (Å²) in [6.07, 6.45) is 2.18. The smallest absolute Gasteiger partial charge is 0.0184 e. The molecule has 0 N–H and O–H groups in total. The zero-order valence-electron chi connectivity index (χ0n) is 13.3. The number of hydrogen-bond donors (Lipinski definition) is 0. The Balaban J connectivity index is 1.84. The number of benzene rings is 3. The fraction of sp³-hybridized carbons (Fsp3) is 0.182. The normalized spacial score (nSPS) is 10.6. The lowest BCUT2D eigenvalue weighted by molar-refractivity contribution is 1.14. The van der Waals surface area contributed by atoms with Crippen LogP contribution in [0.25, 0.3) is 22.3 Å². The van der Waals surface area contributed by atoms with Crippen molar-refractivity contribution < 1.29 is 0 Å². The molecule has 0 saturated carbocycles. The Labute approximate surface area is 133 Å². The van der Waals surface area contributed by atoms with Gasteiger partial charge in [-0.25, -0.2) is 0 Å². The fourth-order valence-electron chi connectivity index (χ4n) is 2.72. The molecule has 3 aromatic rings. The van der Waals surface area contributed by atoms with Gasteiger partial charge in [0.1, 0.15) is 0 Å². The van der Waals surface area contributed by atoms with Crippen LogP contribution < -0.4 is 0 Å². The van der Waals surface area contributed by atoms with E-state index in [0.29, 0.717) is 0 Å². The second-order valence-electron chi connectivity index (χ2n) is 5.68. The lowest BCUT2D eigenvalue weighted by Gasteiger charge is -2.06. The Bertz CT molecular complexity index is 650. The van der Waals surface area contributed by atoms with E-state index in [2.05, 4.69) is 86.6 Å². The van der Waals surface area contributed by atoms with E-state index in [0.717, 1.165) is 12.8 Å². The second kappa shape index (κ2) is 6.62. The van der Waals surface area contributed by atoms with Crippen molar-refractivity contribution in [2.45, 2.75) is 26.7 Å². The molecule has 0 aliphatic carbocycles. The highest BCUT2D eigenvalue weighted by Crippen LogP contribution is 2.25. The van der Waals surface area contributed by atoms with E-state index in [1.807, 2.05) is 0 Å². The van der Waals surface area contributed by atoms with Crippen LogP contribution in [0.4, 0.5) is 0 Å². The summed E-state index contributed by atoms with van der Waals surface area (Å²) in [5.74, 6) is 0. The molecule has 3 rings (SSSR count). The first-order chi connectivity index (χ1) is 10.8. The minimum Gasteiger partial charge on any atom is -0.0613 e. The molecule has 0 fully saturated rings. The van der Waals surface area contributed by atoms with Gasteiger partial charge in [-0.3, -0.25) is 0 Å². The lowest BCUT2D eigenvalue weighted by atomic mass is 9.98. The van der Waals surface area contributed by atoms with Crippen LogP contribution in [0.3, 0.4) is 0 Å². The van der Waals surface area contributed by atoms with E-state index in [1.54, 1.807) is 0 Å². The average molecular weight is 286 g/mol. The van der Waals surface area contributed by atoms with Crippen LogP contribution in [-0.4, -0.2) is 0 Å². The van der Waals surface area contributed by atoms with Gasteiger partial charge in [-0.05, 0) is 46.2 Å². The molecule has 0 bridgehead atoms. The highest BCUT2D eigenvalue weighted by molar-refractivity contribution is 5.70. The molecule has 0 atom stereocenters. The zero-order valence-corrected chi connectivity index (χ0v) is 13.3. The molecule has 0 aromatic heterocycles. The van der Waals surface area contributed by atoms with Crippen LogP contribution in [0.2, 0.25) is 0 Å². The molecule has 0 heterocycles. The number of rotatable bonds is 4. The first kappa shape index (κ1) is 14.6. The van der Waals surface area contributed by atoms with Crippen molar-refractivity contribution in [3.8, 4) is 22.3 Å². The zero-order chi connectivity index (χ0) is 15.4. The van der Waals surface area contributed by atoms with Gasteiger partial charge in [-0.15, -0.1) is 0 Å². The molecule has 3 aromatic carbocycles. The van der Waals surface area contributed by atoms with Gasteiger partial charge < -0.3 is 0 Å². The predicted molar refractivity (Wildman–Crippen MR) is 96.1 cm³/mol. The Morgan fingerprint density at radius 2 is 0.636 bits per heavy atom. The van der Waals surface area contributed by atoms with Crippen molar-refractivity contribution in [3.05, 3.63) is 83.9 Å². The van der Waals surface area contributed by atoms with Crippen molar-refractivity contribution in [3.63, 3.8) is 0 Å². The van der Waals surface area contributed by atoms with Gasteiger partial charge >= 0.3 is 0 Å². The van der Waals surface area contributed by atoms with E-state index >= 15 is 0 Å². The third-order valence-electron chi connectivity index (χ3n) is 4.28. The third-order valence-corrected chi connectivity index (χ3v) is 4.28. The Morgan fingerprint density at radius 3 is 0.864 bits per heavy atom. The molecule has 0 saturated heterocycles. The van der Waals surface area contributed by atoms with Crippen LogP contribution in [0.1, 0.15) is 25.0 Å². The predicted octanol–water partition coefficient (Wildman–Crippen LogP) is 6.15. The van der Waals surface area contributed by atoms with Crippen LogP contribution in [-0.2, 0) is 12.8 Å². The molecule has 0 aliphatic heterocycles. The van der Waals surface area contributed by atoms with Crippen LogP contribution in [0.5, 0.6) is 0 Å². The summed E-state index contributed by atoms with van der Waals surface area (Å²) in [6.45, 7) is 4.38. The topological polar surface area (TPSA) is 0 Å². The molecule has 0 heteroatoms. The minimum atomic E-state index is 1.09. The van der Waals surface area contributed by atoms with Crippen molar-refractivity contribution in [2.75, 3.05) is 0 Å². The highest BCUT2D eigenvalue weighted by atomic mass is 14.1. The first-order valence-electron chi connectivity index (χ1n) is 8.09. The van der Waals surface area contributed by atoms with Gasteiger partial charge in [0.25, 0.3) is 0 Å². The summed E-state index contributed by atoms with van der Waals surface area (Å²) in [5, 5.41) is 0. The molecular formula is C22H22. The fourth-order valence-corrected chi connectivity index (χ4v) is 2.72. The maximum Gasteiger partial charge on any atom is -0.0184 e. The molecule has 0 aliphatic rings. The molecule has 110 valence electrons. The van der Waals surface area contributed by atoms with E-state index in [9.17, 15) is 0 Å². The largest absolute Gasteiger partial charge is 0.0613 e. The molecule has 0 radical (unpaired) electrons. The van der Waals surface area contributed by atoms with Crippen molar-refractivity contribution >= 4 is 0 Å². The summed E-state index contributed by atoms with van der Waals surface area (Å²) in [6, 6.07) is 26.6. The Morgan fingerprint density at radius 1 is 0.409 bits per heavy atom. The molecule has 0 nitrogen and oxygen atoms in total. The van der Waals surface area contributed by atoms with Crippen molar-refractivity contribution in [2.24, 2.45) is 0 Å². The molecule has 0 spiro atoms. The maximum absolute atomic E-state index is 2.21. The maximum atomic E-state index is 2.21. The molecular weight excluding hydrogens is 264 g/mol. The van der Waals surface area contributed by atoms with Gasteiger partial charge in [0.05, 0.1) is 0 Å². The minimum absolute atomic E-state index is 1.09. The van der Waals surface area contributed by atoms with Crippen LogP contribution >= 0.6 is 0 Å². The molecule has 0 unspecified atom stereocenters. The Kier molecular flexibility index (Phi) is 4.39. The second-order valence-corrected chi connectivity index (χ2v) is 5.68. The summed E-state index contributed by atoms with van der Waals surface area (Å²) in [5.41, 5.74) is 7.89. The van der Waals surface area contributed by atoms with E-state index in [4.69, 9.17) is 0 Å². The van der Waals surface area contributed by atoms with Gasteiger partial charge in [0.15, 0.2) is 0 Å². The average Bonchev–Trinajstić information content (AvgIpc) is 2.62. The lowest BCUT2D eigenvalue weighted by Crippen LogP contribution is -1.83. The monoisotopic (exact) mass is 286 g/mol. The van der Waals surface area contributed by atoms with Crippen LogP contribution in [0, 0.1) is 0 Å². The standard InChI is InChI=1S/C22H22/c1-3-17-5-9-19(10-6-17)21-13-15-22(16-14-21)20-11-7-18(4-2)8-12-20/h5-16H,3-4H2,1-2H3. The van der Waals surface area contributed by atoms with Gasteiger partial charge in [-0.1, -0.05) is 86.6 Å². The summed E-state index contributed by atoms with van der Waals surface area (Å²) in [4.78, 5) is 0. The van der Waals surface area contributed by atoms with Crippen molar-refractivity contribution in [1.29, 1.82) is 0 Å². The molecule has 0 amide bonds. The Hall–Kier alpha value is -2.34. The van der Waals surface area contributed by atoms with Crippen molar-refractivity contribution in [1.82, 2.24) is 0 Å².